The van der Waals surface area contributed by atoms with E-state index in [1.54, 1.807) is 11.3 Å². The third-order valence-electron chi connectivity index (χ3n) is 4.60. The van der Waals surface area contributed by atoms with Crippen molar-refractivity contribution in [2.45, 2.75) is 32.1 Å². The molecule has 3 rings (SSSR count). The molecule has 5 nitrogen and oxygen atoms in total. The van der Waals surface area contributed by atoms with Crippen molar-refractivity contribution in [3.05, 3.63) is 52.2 Å². The fraction of sp³-hybridized carbons (Fsp3) is 0.400. The summed E-state index contributed by atoms with van der Waals surface area (Å²) >= 11 is 1.72. The summed E-state index contributed by atoms with van der Waals surface area (Å²) in [4.78, 5) is 16.7. The van der Waals surface area contributed by atoms with Gasteiger partial charge in [0.2, 0.25) is 5.91 Å². The number of carbonyl (C=O) groups is 1. The van der Waals surface area contributed by atoms with Crippen molar-refractivity contribution in [3.63, 3.8) is 0 Å². The number of para-hydroxylation sites is 1. The highest BCUT2D eigenvalue weighted by atomic mass is 32.1. The van der Waals surface area contributed by atoms with Gasteiger partial charge in [0.1, 0.15) is 0 Å². The Hall–Kier alpha value is -2.34. The molecule has 2 aromatic rings. The lowest BCUT2D eigenvalue weighted by molar-refractivity contribution is -0.116. The molecule has 1 aliphatic rings. The van der Waals surface area contributed by atoms with Crippen LogP contribution < -0.4 is 16.0 Å². The summed E-state index contributed by atoms with van der Waals surface area (Å²) in [5.41, 5.74) is 3.43. The summed E-state index contributed by atoms with van der Waals surface area (Å²) in [5.74, 6) is 1.41. The minimum Gasteiger partial charge on any atom is -0.357 e. The molecular weight excluding hydrogens is 344 g/mol. The number of carbonyl (C=O) groups excluding carboxylic acids is 1. The predicted octanol–water partition coefficient (Wildman–Crippen LogP) is 3.53. The average Bonchev–Trinajstić information content (AvgIpc) is 3.18. The first-order valence-electron chi connectivity index (χ1n) is 9.10. The molecule has 6 heteroatoms. The fourth-order valence-electron chi connectivity index (χ4n) is 3.13. The molecule has 2 unspecified atom stereocenters. The van der Waals surface area contributed by atoms with Crippen molar-refractivity contribution in [1.82, 2.24) is 10.6 Å². The van der Waals surface area contributed by atoms with Crippen molar-refractivity contribution < 1.29 is 4.79 Å². The van der Waals surface area contributed by atoms with E-state index in [4.69, 9.17) is 4.99 Å². The summed E-state index contributed by atoms with van der Waals surface area (Å²) in [6.07, 6.45) is 0.495. The molecule has 138 valence electrons. The normalized spacial score (nSPS) is 18.0. The molecule has 1 aromatic carbocycles. The average molecular weight is 371 g/mol. The van der Waals surface area contributed by atoms with Gasteiger partial charge in [-0.05, 0) is 40.9 Å². The first-order valence-corrected chi connectivity index (χ1v) is 10.0. The van der Waals surface area contributed by atoms with Crippen LogP contribution in [0.15, 0.2) is 46.1 Å². The third kappa shape index (κ3) is 4.64. The summed E-state index contributed by atoms with van der Waals surface area (Å²) in [6.45, 7) is 6.47. The maximum Gasteiger partial charge on any atom is 0.225 e. The zero-order valence-electron chi connectivity index (χ0n) is 15.3. The Labute approximate surface area is 158 Å². The lowest BCUT2D eigenvalue weighted by Crippen LogP contribution is -2.41. The number of hydrogen-bond donors (Lipinski definition) is 3. The fourth-order valence-corrected chi connectivity index (χ4v) is 3.92. The molecular formula is C20H26N4OS. The summed E-state index contributed by atoms with van der Waals surface area (Å²) in [5, 5.41) is 13.9. The second-order valence-corrected chi connectivity index (χ2v) is 7.37. The smallest absolute Gasteiger partial charge is 0.225 e. The van der Waals surface area contributed by atoms with E-state index in [0.717, 1.165) is 24.7 Å². The van der Waals surface area contributed by atoms with Gasteiger partial charge in [0, 0.05) is 43.6 Å². The van der Waals surface area contributed by atoms with Gasteiger partial charge in [0.05, 0.1) is 0 Å². The van der Waals surface area contributed by atoms with Crippen LogP contribution in [0.4, 0.5) is 5.69 Å². The van der Waals surface area contributed by atoms with Crippen molar-refractivity contribution >= 4 is 28.9 Å². The highest BCUT2D eigenvalue weighted by molar-refractivity contribution is 7.07. The highest BCUT2D eigenvalue weighted by Gasteiger charge is 2.24. The lowest BCUT2D eigenvalue weighted by Gasteiger charge is -2.26. The number of aliphatic imine (C=N–C) groups is 1. The molecule has 2 heterocycles. The molecule has 26 heavy (non-hydrogen) atoms. The number of thiophene rings is 1. The number of nitrogens with one attached hydrogen (secondary N) is 3. The molecule has 0 bridgehead atoms. The molecule has 3 N–H and O–H groups in total. The predicted molar refractivity (Wildman–Crippen MR) is 109 cm³/mol. The second-order valence-electron chi connectivity index (χ2n) is 6.59. The zero-order valence-corrected chi connectivity index (χ0v) is 16.1. The van der Waals surface area contributed by atoms with Gasteiger partial charge in [-0.25, -0.2) is 0 Å². The maximum atomic E-state index is 12.0. The molecule has 1 amide bonds. The van der Waals surface area contributed by atoms with Crippen LogP contribution in [0.25, 0.3) is 0 Å². The summed E-state index contributed by atoms with van der Waals surface area (Å²) in [6, 6.07) is 10.2. The van der Waals surface area contributed by atoms with Gasteiger partial charge >= 0.3 is 0 Å². The van der Waals surface area contributed by atoms with E-state index in [0.29, 0.717) is 18.9 Å². The summed E-state index contributed by atoms with van der Waals surface area (Å²) in [7, 11) is 0. The van der Waals surface area contributed by atoms with E-state index < -0.39 is 0 Å². The van der Waals surface area contributed by atoms with Gasteiger partial charge in [-0.3, -0.25) is 9.79 Å². The molecule has 1 aliphatic heterocycles. The molecule has 0 fully saturated rings. The number of rotatable bonds is 6. The van der Waals surface area contributed by atoms with Gasteiger partial charge in [-0.2, -0.15) is 11.3 Å². The highest BCUT2D eigenvalue weighted by Crippen LogP contribution is 2.31. The molecule has 0 spiro atoms. The van der Waals surface area contributed by atoms with E-state index >= 15 is 0 Å². The minimum atomic E-state index is 0.0727. The van der Waals surface area contributed by atoms with E-state index in [1.807, 2.05) is 18.2 Å². The van der Waals surface area contributed by atoms with Gasteiger partial charge < -0.3 is 16.0 Å². The van der Waals surface area contributed by atoms with Crippen molar-refractivity contribution in [3.8, 4) is 0 Å². The number of hydrogen-bond acceptors (Lipinski definition) is 3. The van der Waals surface area contributed by atoms with Gasteiger partial charge in [0.25, 0.3) is 0 Å². The first kappa shape index (κ1) is 18.5. The molecule has 2 atom stereocenters. The van der Waals surface area contributed by atoms with Gasteiger partial charge in [-0.1, -0.05) is 25.1 Å². The number of anilines is 1. The Balaban J connectivity index is 1.63. The second kappa shape index (κ2) is 8.85. The lowest BCUT2D eigenvalue weighted by atomic mass is 9.90. The number of fused-ring (bicyclic) bond motifs is 1. The van der Waals surface area contributed by atoms with Crippen LogP contribution >= 0.6 is 11.3 Å². The standard InChI is InChI=1S/C20H26N4OS/c1-3-21-20(22-11-14(2)15-8-9-26-13-15)23-12-16-10-19(25)24-18-7-5-4-6-17(16)18/h4-9,13-14,16H,3,10-12H2,1-2H3,(H,24,25)(H2,21,22,23). The maximum absolute atomic E-state index is 12.0. The van der Waals surface area contributed by atoms with Crippen LogP contribution in [-0.2, 0) is 4.79 Å². The Morgan fingerprint density at radius 2 is 2.19 bits per heavy atom. The number of nitrogens with zero attached hydrogens (tertiary/aromatic N) is 1. The monoisotopic (exact) mass is 370 g/mol. The van der Waals surface area contributed by atoms with Crippen molar-refractivity contribution in [2.75, 3.05) is 25.0 Å². The molecule has 1 aromatic heterocycles. The Bertz CT molecular complexity index is 757. The third-order valence-corrected chi connectivity index (χ3v) is 5.30. The van der Waals surface area contributed by atoms with Gasteiger partial charge in [-0.15, -0.1) is 0 Å². The Morgan fingerprint density at radius 3 is 2.96 bits per heavy atom. The van der Waals surface area contributed by atoms with Crippen LogP contribution in [0.2, 0.25) is 0 Å². The van der Waals surface area contributed by atoms with E-state index in [-0.39, 0.29) is 11.8 Å². The first-order chi connectivity index (χ1) is 12.7. The molecule has 0 radical (unpaired) electrons. The van der Waals surface area contributed by atoms with E-state index in [2.05, 4.69) is 52.7 Å². The Morgan fingerprint density at radius 1 is 1.35 bits per heavy atom. The van der Waals surface area contributed by atoms with Crippen LogP contribution in [0.3, 0.4) is 0 Å². The van der Waals surface area contributed by atoms with Gasteiger partial charge in [0.15, 0.2) is 5.96 Å². The molecule has 0 aliphatic carbocycles. The SMILES string of the molecule is CCNC(=NCC(C)c1ccsc1)NCC1CC(=O)Nc2ccccc21. The molecule has 0 saturated carbocycles. The van der Waals surface area contributed by atoms with Crippen molar-refractivity contribution in [1.29, 1.82) is 0 Å². The van der Waals surface area contributed by atoms with Crippen LogP contribution in [0, 0.1) is 0 Å². The van der Waals surface area contributed by atoms with E-state index in [9.17, 15) is 4.79 Å². The number of guanidine groups is 1. The quantitative estimate of drug-likeness (QED) is 0.538. The zero-order chi connectivity index (χ0) is 18.4. The van der Waals surface area contributed by atoms with Crippen LogP contribution in [0.1, 0.15) is 43.2 Å². The van der Waals surface area contributed by atoms with Crippen molar-refractivity contribution in [2.24, 2.45) is 4.99 Å². The minimum absolute atomic E-state index is 0.0727. The number of amides is 1. The topological polar surface area (TPSA) is 65.5 Å². The van der Waals surface area contributed by atoms with Crippen LogP contribution in [-0.4, -0.2) is 31.5 Å². The summed E-state index contributed by atoms with van der Waals surface area (Å²) < 4.78 is 0. The molecule has 0 saturated heterocycles. The van der Waals surface area contributed by atoms with Crippen LogP contribution in [0.5, 0.6) is 0 Å². The van der Waals surface area contributed by atoms with E-state index in [1.165, 1.54) is 11.1 Å². The Kier molecular flexibility index (Phi) is 6.28. The number of benzene rings is 1. The largest absolute Gasteiger partial charge is 0.357 e.